The van der Waals surface area contributed by atoms with Gasteiger partial charge in [-0.1, -0.05) is 0 Å². The first-order valence-corrected chi connectivity index (χ1v) is 0. The molecule has 0 nitrogen and oxygen atoms in total. The Kier molecular flexibility index (Phi) is 181. The summed E-state index contributed by atoms with van der Waals surface area (Å²) in [5, 5.41) is 0. The molecule has 1 radical (unpaired) electrons. The smallest absolute Gasteiger partial charge is 0 e. The molecule has 0 N–H and O–H groups in total. The molecule has 0 aromatic rings. The molecule has 0 atom stereocenters. The monoisotopic (exact) mass is 207 g/mol. The van der Waals surface area contributed by atoms with Gasteiger partial charge in [0.15, 0.2) is 0 Å². The first kappa shape index (κ1) is 36.7. The standard InChI is InChI=1S/BH3.Cr.Nb.Ti/h1H3;;;. The SMILES string of the molecule is B.[Cr].[Nb].[Ti]. The summed E-state index contributed by atoms with van der Waals surface area (Å²) in [5.41, 5.74) is 0. The first-order valence-electron chi connectivity index (χ1n) is 0. The van der Waals surface area contributed by atoms with E-state index in [1.807, 2.05) is 0 Å². The van der Waals surface area contributed by atoms with Crippen LogP contribution in [-0.2, 0) is 61.5 Å². The van der Waals surface area contributed by atoms with Gasteiger partial charge in [0.05, 0.1) is 8.41 Å². The molecule has 0 amide bonds. The van der Waals surface area contributed by atoms with E-state index in [-0.39, 0.29) is 69.9 Å². The Morgan fingerprint density at radius 2 is 1.00 bits per heavy atom. The Bertz CT molecular complexity index is 8.00. The van der Waals surface area contributed by atoms with E-state index in [2.05, 4.69) is 0 Å². The minimum atomic E-state index is 0. The Hall–Kier alpha value is 2.05. The molecule has 0 aliphatic rings. The largest absolute Gasteiger partial charge is 0.0814 e. The van der Waals surface area contributed by atoms with E-state index >= 15 is 0 Å². The average Bonchev–Trinajstić information content (AvgIpc) is 0. The predicted molar refractivity (Wildman–Crippen MR) is 9.94 cm³/mol. The van der Waals surface area contributed by atoms with Crippen molar-refractivity contribution in [1.29, 1.82) is 0 Å². The molecular formula is H3BCrNbTi. The average molecular weight is 207 g/mol. The molecule has 4 heavy (non-hydrogen) atoms. The molecule has 21 valence electrons. The summed E-state index contributed by atoms with van der Waals surface area (Å²) in [7, 11) is 0. The van der Waals surface area contributed by atoms with Gasteiger partial charge in [0, 0.05) is 61.5 Å². The first-order chi connectivity index (χ1) is 0. The second-order valence-corrected chi connectivity index (χ2v) is 0. The molecule has 0 unspecified atom stereocenters. The fourth-order valence-electron chi connectivity index (χ4n) is 0. The zero-order valence-corrected chi connectivity index (χ0v) is 6.39. The molecule has 0 aliphatic carbocycles. The number of hydrogen-bond donors (Lipinski definition) is 0. The van der Waals surface area contributed by atoms with E-state index in [4.69, 9.17) is 0 Å². The second kappa shape index (κ2) is 19.7. The molecule has 0 saturated carbocycles. The molecule has 0 spiro atoms. The van der Waals surface area contributed by atoms with Gasteiger partial charge >= 0.3 is 0 Å². The Morgan fingerprint density at radius 1 is 1.00 bits per heavy atom. The van der Waals surface area contributed by atoms with Crippen LogP contribution < -0.4 is 0 Å². The zero-order chi connectivity index (χ0) is 0. The van der Waals surface area contributed by atoms with Crippen molar-refractivity contribution in [2.75, 3.05) is 0 Å². The third-order valence-corrected chi connectivity index (χ3v) is 0. The number of rotatable bonds is 0. The van der Waals surface area contributed by atoms with Crippen LogP contribution in [0.4, 0.5) is 0 Å². The molecule has 0 aromatic carbocycles. The Morgan fingerprint density at radius 3 is 1.00 bits per heavy atom. The molecule has 0 heterocycles. The van der Waals surface area contributed by atoms with Crippen molar-refractivity contribution >= 4 is 8.41 Å². The van der Waals surface area contributed by atoms with Gasteiger partial charge in [0.1, 0.15) is 0 Å². The molecule has 0 rings (SSSR count). The van der Waals surface area contributed by atoms with Crippen LogP contribution in [0.25, 0.3) is 0 Å². The van der Waals surface area contributed by atoms with Gasteiger partial charge in [-0.2, -0.15) is 0 Å². The fraction of sp³-hybridized carbons (Fsp3) is 0. The van der Waals surface area contributed by atoms with Crippen LogP contribution in [0.2, 0.25) is 0 Å². The van der Waals surface area contributed by atoms with E-state index in [1.165, 1.54) is 0 Å². The minimum absolute atomic E-state index is 0. The second-order valence-electron chi connectivity index (χ2n) is 0. The summed E-state index contributed by atoms with van der Waals surface area (Å²) >= 11 is 0. The predicted octanol–water partition coefficient (Wildman–Crippen LogP) is -1.19. The van der Waals surface area contributed by atoms with Crippen molar-refractivity contribution in [2.24, 2.45) is 0 Å². The molecule has 0 aliphatic heterocycles. The fourth-order valence-corrected chi connectivity index (χ4v) is 0. The molecule has 0 aromatic heterocycles. The molecular weight excluding hydrogens is 204 g/mol. The van der Waals surface area contributed by atoms with Gasteiger partial charge in [-0.05, 0) is 0 Å². The Labute approximate surface area is 69.2 Å². The van der Waals surface area contributed by atoms with E-state index in [0.29, 0.717) is 0 Å². The summed E-state index contributed by atoms with van der Waals surface area (Å²) in [6.45, 7) is 0. The summed E-state index contributed by atoms with van der Waals surface area (Å²) in [6, 6.07) is 0. The van der Waals surface area contributed by atoms with Crippen molar-refractivity contribution in [2.45, 2.75) is 0 Å². The quantitative estimate of drug-likeness (QED) is 0.438. The van der Waals surface area contributed by atoms with Gasteiger partial charge < -0.3 is 0 Å². The maximum Gasteiger partial charge on any atom is 0.0814 e. The van der Waals surface area contributed by atoms with Gasteiger partial charge in [0.2, 0.25) is 0 Å². The van der Waals surface area contributed by atoms with Crippen molar-refractivity contribution in [3.8, 4) is 0 Å². The van der Waals surface area contributed by atoms with Crippen LogP contribution in [0.15, 0.2) is 0 Å². The van der Waals surface area contributed by atoms with E-state index < -0.39 is 0 Å². The van der Waals surface area contributed by atoms with Crippen molar-refractivity contribution < 1.29 is 61.5 Å². The van der Waals surface area contributed by atoms with Gasteiger partial charge in [0.25, 0.3) is 0 Å². The van der Waals surface area contributed by atoms with E-state index in [0.717, 1.165) is 0 Å². The summed E-state index contributed by atoms with van der Waals surface area (Å²) < 4.78 is 0. The minimum Gasteiger partial charge on any atom is 0 e. The van der Waals surface area contributed by atoms with Crippen LogP contribution in [-0.4, -0.2) is 8.41 Å². The van der Waals surface area contributed by atoms with Crippen molar-refractivity contribution in [1.82, 2.24) is 0 Å². The molecule has 4 heteroatoms. The van der Waals surface area contributed by atoms with E-state index in [1.54, 1.807) is 0 Å². The van der Waals surface area contributed by atoms with Crippen LogP contribution in [0.1, 0.15) is 0 Å². The van der Waals surface area contributed by atoms with E-state index in [9.17, 15) is 0 Å². The third kappa shape index (κ3) is 8.96. The maximum atomic E-state index is 0. The van der Waals surface area contributed by atoms with Crippen LogP contribution >= 0.6 is 0 Å². The van der Waals surface area contributed by atoms with Gasteiger partial charge in [-0.25, -0.2) is 0 Å². The molecule has 0 bridgehead atoms. The molecule has 0 saturated heterocycles. The van der Waals surface area contributed by atoms with Gasteiger partial charge in [-0.15, -0.1) is 0 Å². The topological polar surface area (TPSA) is 0 Å². The summed E-state index contributed by atoms with van der Waals surface area (Å²) in [4.78, 5) is 0. The van der Waals surface area contributed by atoms with Crippen molar-refractivity contribution in [3.05, 3.63) is 0 Å². The summed E-state index contributed by atoms with van der Waals surface area (Å²) in [5.74, 6) is 0. The normalized spacial score (nSPS) is 0. The zero-order valence-electron chi connectivity index (χ0n) is 1.36. The van der Waals surface area contributed by atoms with Crippen LogP contribution in [0.3, 0.4) is 0 Å². The van der Waals surface area contributed by atoms with Gasteiger partial charge in [-0.3, -0.25) is 0 Å². The van der Waals surface area contributed by atoms with Crippen LogP contribution in [0, 0.1) is 0 Å². The summed E-state index contributed by atoms with van der Waals surface area (Å²) in [6.07, 6.45) is 0. The maximum absolute atomic E-state index is 0. The van der Waals surface area contributed by atoms with Crippen LogP contribution in [0.5, 0.6) is 0 Å². The third-order valence-electron chi connectivity index (χ3n) is 0. The molecule has 0 fully saturated rings. The number of hydrogen-bond acceptors (Lipinski definition) is 0. The Balaban J connectivity index is 0. The van der Waals surface area contributed by atoms with Crippen molar-refractivity contribution in [3.63, 3.8) is 0 Å².